The van der Waals surface area contributed by atoms with Crippen molar-refractivity contribution in [2.45, 2.75) is 0 Å². The summed E-state index contributed by atoms with van der Waals surface area (Å²) in [5.41, 5.74) is 0. The Balaban J connectivity index is 1.87. The summed E-state index contributed by atoms with van der Waals surface area (Å²) in [5.74, 6) is 0. The van der Waals surface area contributed by atoms with Gasteiger partial charge in [-0.2, -0.15) is 0 Å². The van der Waals surface area contributed by atoms with Gasteiger partial charge in [0.05, 0.1) is 16.0 Å². The third kappa shape index (κ3) is 0.416. The second-order valence-electron chi connectivity index (χ2n) is 1.89. The van der Waals surface area contributed by atoms with Crippen LogP contribution in [0.4, 0.5) is 0 Å². The molecule has 11 radical (unpaired) electrons. The summed E-state index contributed by atoms with van der Waals surface area (Å²) in [4.78, 5) is 0. The van der Waals surface area contributed by atoms with E-state index in [-0.39, 0.29) is 0 Å². The molecule has 3 aliphatic rings. The maximum atomic E-state index is 2.98. The summed E-state index contributed by atoms with van der Waals surface area (Å²) in [6, 6.07) is 0. The summed E-state index contributed by atoms with van der Waals surface area (Å²) < 4.78 is 2.98. The maximum absolute atomic E-state index is 2.98. The summed E-state index contributed by atoms with van der Waals surface area (Å²) in [6.07, 6.45) is 0. The molecule has 3 fully saturated rings. The molecular weight excluding hydrogens is 211 g/mol. The highest BCUT2D eigenvalue weighted by Gasteiger charge is 2.61. The van der Waals surface area contributed by atoms with Crippen molar-refractivity contribution in [1.29, 1.82) is 0 Å². The zero-order valence-corrected chi connectivity index (χ0v) is 10.9. The normalized spacial score (nSPS) is 39.0. The number of hydrogen-bond acceptors (Lipinski definition) is 1. The largest absolute Gasteiger partial charge is 0.385 e. The first-order valence-corrected chi connectivity index (χ1v) is 17.8. The van der Waals surface area contributed by atoms with E-state index in [9.17, 15) is 0 Å². The first-order chi connectivity index (χ1) is 3.97. The Morgan fingerprint density at radius 2 is 1.88 bits per heavy atom. The van der Waals surface area contributed by atoms with Gasteiger partial charge in [-0.3, -0.25) is 0 Å². The first kappa shape index (κ1) is 5.17. The second kappa shape index (κ2) is 1.55. The lowest BCUT2D eigenvalue weighted by Crippen LogP contribution is -2.99. The van der Waals surface area contributed by atoms with Gasteiger partial charge in [-0.05, 0) is 0 Å². The lowest BCUT2D eigenvalue weighted by atomic mass is 13.8. The van der Waals surface area contributed by atoms with Crippen LogP contribution in [-0.4, -0.2) is 62.1 Å². The van der Waals surface area contributed by atoms with Gasteiger partial charge in [0.15, 0.2) is 0 Å². The van der Waals surface area contributed by atoms with E-state index in [4.69, 9.17) is 0 Å². The van der Waals surface area contributed by atoms with Gasteiger partial charge in [0.1, 0.15) is 9.20 Å². The van der Waals surface area contributed by atoms with E-state index in [2.05, 4.69) is 3.90 Å². The Morgan fingerprint density at radius 3 is 2.00 bits per heavy atom. The highest BCUT2D eigenvalue weighted by atomic mass is 30.3. The van der Waals surface area contributed by atoms with Crippen LogP contribution in [0.3, 0.4) is 0 Å². The highest BCUT2D eigenvalue weighted by molar-refractivity contribution is 8.09. The predicted octanol–water partition coefficient (Wildman–Crippen LogP) is -2.98. The molecule has 0 amide bonds. The van der Waals surface area contributed by atoms with Crippen molar-refractivity contribution >= 4 is 58.2 Å². The molecule has 0 saturated carbocycles. The minimum Gasteiger partial charge on any atom is -0.385 e. The van der Waals surface area contributed by atoms with Gasteiger partial charge in [0.2, 0.25) is 0 Å². The third-order valence-corrected chi connectivity index (χ3v) is 71.2. The molecule has 0 N–H and O–H groups in total. The second-order valence-corrected chi connectivity index (χ2v) is 35.0. The molecule has 3 aliphatic heterocycles. The predicted molar refractivity (Wildman–Crippen MR) is 42.1 cm³/mol. The first-order valence-electron chi connectivity index (χ1n) is 2.42. The maximum Gasteiger partial charge on any atom is 0.102 e. The minimum absolute atomic E-state index is 0.410. The Kier molecular flexibility index (Phi) is 1.00. The minimum atomic E-state index is 0.410. The molecule has 0 aliphatic carbocycles. The van der Waals surface area contributed by atoms with Crippen LogP contribution in [0.1, 0.15) is 0 Å². The molecule has 8 heteroatoms. The standard InChI is InChI=1S/NSi7/c2-1-6(3-2)8-5-4-7(1)8. The van der Waals surface area contributed by atoms with Gasteiger partial charge in [-0.1, -0.05) is 0 Å². The summed E-state index contributed by atoms with van der Waals surface area (Å²) >= 11 is 0. The molecule has 0 aromatic heterocycles. The van der Waals surface area contributed by atoms with Crippen LogP contribution in [0, 0.1) is 0 Å². The van der Waals surface area contributed by atoms with Crippen molar-refractivity contribution in [3.63, 3.8) is 0 Å². The fourth-order valence-electron chi connectivity index (χ4n) is 0.977. The Morgan fingerprint density at radius 1 is 1.00 bits per heavy atom. The van der Waals surface area contributed by atoms with Gasteiger partial charge >= 0.3 is 0 Å². The average molecular weight is 211 g/mol. The topological polar surface area (TPSA) is 3.24 Å². The fraction of sp³-hybridized carbons (Fsp3) is 0. The molecule has 8 heavy (non-hydrogen) atoms. The smallest absolute Gasteiger partial charge is 0.102 e. The molecule has 0 atom stereocenters. The Labute approximate surface area is 62.1 Å². The lowest BCUT2D eigenvalue weighted by Gasteiger charge is -2.65. The molecule has 33 valence electrons. The zero-order chi connectivity index (χ0) is 5.14. The highest BCUT2D eigenvalue weighted by Crippen LogP contribution is 2.25. The molecule has 1 nitrogen and oxygen atoms in total. The van der Waals surface area contributed by atoms with E-state index in [1.807, 2.05) is 0 Å². The molecule has 3 rings (SSSR count). The van der Waals surface area contributed by atoms with Gasteiger partial charge in [-0.25, -0.2) is 0 Å². The van der Waals surface area contributed by atoms with Crippen molar-refractivity contribution in [3.8, 4) is 0 Å². The number of nitrogens with zero attached hydrogens (tertiary/aromatic N) is 1. The van der Waals surface area contributed by atoms with Crippen molar-refractivity contribution in [1.82, 2.24) is 3.90 Å². The van der Waals surface area contributed by atoms with Gasteiger partial charge < -0.3 is 3.90 Å². The van der Waals surface area contributed by atoms with Crippen LogP contribution in [0.5, 0.6) is 0 Å². The number of hydrogen-bond donors (Lipinski definition) is 0. The van der Waals surface area contributed by atoms with Gasteiger partial charge in [0.25, 0.3) is 0 Å². The lowest BCUT2D eigenvalue weighted by molar-refractivity contribution is 1.09. The van der Waals surface area contributed by atoms with E-state index >= 15 is 0 Å². The molecule has 0 unspecified atom stereocenters. The quantitative estimate of drug-likeness (QED) is 0.386. The van der Waals surface area contributed by atoms with E-state index in [1.54, 1.807) is 8.55 Å². The summed E-state index contributed by atoms with van der Waals surface area (Å²) in [7, 11) is 7.35. The molecule has 0 spiro atoms. The summed E-state index contributed by atoms with van der Waals surface area (Å²) in [5, 5.41) is 0. The molecule has 0 aromatic carbocycles. The number of fused-ring (bicyclic) bond motifs is 4. The molecular formula is NSi7. The molecule has 0 aromatic rings. The summed E-state index contributed by atoms with van der Waals surface area (Å²) in [6.45, 7) is 0. The molecule has 3 saturated heterocycles. The van der Waals surface area contributed by atoms with E-state index in [0.717, 1.165) is 0 Å². The Hall–Kier alpha value is 1.48. The van der Waals surface area contributed by atoms with Crippen LogP contribution in [-0.2, 0) is 0 Å². The van der Waals surface area contributed by atoms with Gasteiger partial charge in [-0.15, -0.1) is 0 Å². The van der Waals surface area contributed by atoms with Crippen molar-refractivity contribution in [2.24, 2.45) is 0 Å². The van der Waals surface area contributed by atoms with Crippen molar-refractivity contribution in [3.05, 3.63) is 0 Å². The van der Waals surface area contributed by atoms with Crippen LogP contribution in [0.2, 0.25) is 0 Å². The van der Waals surface area contributed by atoms with Crippen LogP contribution < -0.4 is 0 Å². The van der Waals surface area contributed by atoms with E-state index in [0.29, 0.717) is 23.3 Å². The third-order valence-electron chi connectivity index (χ3n) is 1.51. The van der Waals surface area contributed by atoms with Crippen molar-refractivity contribution < 1.29 is 0 Å². The van der Waals surface area contributed by atoms with Crippen LogP contribution in [0.15, 0.2) is 0 Å². The SMILES string of the molecule is [Si]1[Si][Si]2N1[Si]1[Si][Si][Si]21. The van der Waals surface area contributed by atoms with Crippen LogP contribution in [0.25, 0.3) is 0 Å². The van der Waals surface area contributed by atoms with Gasteiger partial charge in [0, 0.05) is 33.0 Å². The molecule has 3 heterocycles. The average Bonchev–Trinajstić information content (AvgIpc) is 1.70. The Bertz CT molecular complexity index is 92.3. The number of rotatable bonds is 0. The molecule has 0 bridgehead atoms. The van der Waals surface area contributed by atoms with E-state index in [1.165, 1.54) is 26.3 Å². The van der Waals surface area contributed by atoms with Crippen molar-refractivity contribution in [2.75, 3.05) is 0 Å². The van der Waals surface area contributed by atoms with Crippen LogP contribution >= 0.6 is 0 Å². The zero-order valence-electron chi connectivity index (χ0n) is 3.95. The monoisotopic (exact) mass is 210 g/mol. The fourth-order valence-corrected chi connectivity index (χ4v) is 103. The van der Waals surface area contributed by atoms with E-state index < -0.39 is 0 Å².